The summed E-state index contributed by atoms with van der Waals surface area (Å²) in [6.45, 7) is 3.85. The van der Waals surface area contributed by atoms with Crippen LogP contribution in [0.3, 0.4) is 0 Å². The normalized spacial score (nSPS) is 23.2. The number of carbonyl (C=O) groups excluding carboxylic acids is 2. The van der Waals surface area contributed by atoms with Gasteiger partial charge in [0.1, 0.15) is 29.2 Å². The summed E-state index contributed by atoms with van der Waals surface area (Å²) in [5, 5.41) is 15.5. The highest BCUT2D eigenvalue weighted by molar-refractivity contribution is 7.90. The molecule has 4 heterocycles. The molecule has 1 saturated carbocycles. The molecule has 1 aliphatic carbocycles. The fourth-order valence-electron chi connectivity index (χ4n) is 9.17. The smallest absolute Gasteiger partial charge is 0.301 e. The lowest BCUT2D eigenvalue weighted by Gasteiger charge is -2.44. The molecule has 4 aromatic rings. The Morgan fingerprint density at radius 2 is 1.79 bits per heavy atom. The number of rotatable bonds is 11. The van der Waals surface area contributed by atoms with Crippen molar-refractivity contribution in [2.75, 3.05) is 43.3 Å². The summed E-state index contributed by atoms with van der Waals surface area (Å²) in [5.74, 6) is -2.19. The van der Waals surface area contributed by atoms with Crippen LogP contribution < -0.4 is 25.7 Å². The van der Waals surface area contributed by atoms with E-state index in [1.807, 2.05) is 18.2 Å². The number of imide groups is 1. The predicted octanol–water partition coefficient (Wildman–Crippen LogP) is 5.69. The van der Waals surface area contributed by atoms with Crippen LogP contribution in [-0.4, -0.2) is 90.0 Å². The topological polar surface area (TPSA) is 188 Å². The maximum Gasteiger partial charge on any atom is 0.301 e. The fourth-order valence-corrected chi connectivity index (χ4v) is 10.1. The van der Waals surface area contributed by atoms with Gasteiger partial charge in [-0.3, -0.25) is 29.0 Å². The van der Waals surface area contributed by atoms with Crippen LogP contribution in [0.5, 0.6) is 11.5 Å². The molecule has 2 atom stereocenters. The number of nitriles is 1. The van der Waals surface area contributed by atoms with Crippen LogP contribution >= 0.6 is 0 Å². The van der Waals surface area contributed by atoms with Crippen LogP contribution in [0.2, 0.25) is 0 Å². The average Bonchev–Trinajstić information content (AvgIpc) is 3.66. The van der Waals surface area contributed by atoms with E-state index in [1.54, 1.807) is 17.6 Å². The van der Waals surface area contributed by atoms with Crippen molar-refractivity contribution in [3.63, 3.8) is 0 Å². The van der Waals surface area contributed by atoms with Crippen molar-refractivity contribution in [3.8, 4) is 17.6 Å². The van der Waals surface area contributed by atoms with Gasteiger partial charge in [0.15, 0.2) is 11.6 Å². The first-order valence-corrected chi connectivity index (χ1v) is 22.1. The Morgan fingerprint density at radius 3 is 2.49 bits per heavy atom. The number of ether oxygens (including phenoxy) is 2. The number of anilines is 2. The van der Waals surface area contributed by atoms with E-state index in [9.17, 15) is 28.1 Å². The molecule has 3 saturated heterocycles. The number of piperidine rings is 2. The van der Waals surface area contributed by atoms with Gasteiger partial charge >= 0.3 is 10.2 Å². The minimum absolute atomic E-state index is 0.0631. The van der Waals surface area contributed by atoms with Gasteiger partial charge in [-0.25, -0.2) is 13.8 Å². The predicted molar refractivity (Wildman–Crippen MR) is 222 cm³/mol. The Kier molecular flexibility index (Phi) is 11.8. The first kappa shape index (κ1) is 42.2. The molecule has 15 nitrogen and oxygen atoms in total. The number of nitrogens with zero attached hydrogens (tertiary/aromatic N) is 5. The summed E-state index contributed by atoms with van der Waals surface area (Å²) in [7, 11) is -2.66. The van der Waals surface area contributed by atoms with Gasteiger partial charge in [-0.1, -0.05) is 13.0 Å². The number of fused-ring (bicyclic) bond motifs is 1. The Morgan fingerprint density at radius 1 is 1.02 bits per heavy atom. The monoisotopic (exact) mass is 858 g/mol. The van der Waals surface area contributed by atoms with Gasteiger partial charge in [-0.05, 0) is 105 Å². The van der Waals surface area contributed by atoms with Gasteiger partial charge < -0.3 is 19.7 Å². The molecule has 8 rings (SSSR count). The molecule has 0 bridgehead atoms. The van der Waals surface area contributed by atoms with Crippen LogP contribution in [0.15, 0.2) is 59.7 Å². The number of hydrogen-bond acceptors (Lipinski definition) is 11. The quantitative estimate of drug-likeness (QED) is 0.157. The van der Waals surface area contributed by atoms with Gasteiger partial charge in [0.25, 0.3) is 5.56 Å². The van der Waals surface area contributed by atoms with Crippen LogP contribution in [-0.2, 0) is 24.5 Å². The molecule has 4 fully saturated rings. The second-order valence-corrected chi connectivity index (χ2v) is 18.2. The molecule has 1 spiro atoms. The van der Waals surface area contributed by atoms with Crippen molar-refractivity contribution >= 4 is 44.3 Å². The van der Waals surface area contributed by atoms with E-state index >= 15 is 8.78 Å². The van der Waals surface area contributed by atoms with Crippen LogP contribution in [0, 0.1) is 23.0 Å². The van der Waals surface area contributed by atoms with E-state index in [0.717, 1.165) is 68.1 Å². The molecule has 1 unspecified atom stereocenters. The number of nitrogens with one attached hydrogen (secondary N) is 3. The third kappa shape index (κ3) is 8.69. The summed E-state index contributed by atoms with van der Waals surface area (Å²) >= 11 is 0. The lowest BCUT2D eigenvalue weighted by Crippen LogP contribution is -2.49. The number of carbonyl (C=O) groups is 2. The van der Waals surface area contributed by atoms with Crippen LogP contribution in [0.1, 0.15) is 87.8 Å². The minimum Gasteiger partial charge on any atom is -0.453 e. The van der Waals surface area contributed by atoms with Gasteiger partial charge in [0.2, 0.25) is 11.8 Å². The lowest BCUT2D eigenvalue weighted by atomic mass is 9.79. The molecule has 3 aromatic carbocycles. The van der Waals surface area contributed by atoms with Crippen molar-refractivity contribution in [2.45, 2.75) is 94.4 Å². The van der Waals surface area contributed by atoms with Gasteiger partial charge in [0.05, 0.1) is 41.2 Å². The molecular weight excluding hydrogens is 811 g/mol. The summed E-state index contributed by atoms with van der Waals surface area (Å²) < 4.78 is 73.0. The van der Waals surface area contributed by atoms with Crippen molar-refractivity contribution < 1.29 is 36.3 Å². The zero-order chi connectivity index (χ0) is 43.1. The molecule has 4 aliphatic rings. The highest BCUT2D eigenvalue weighted by Crippen LogP contribution is 2.43. The molecule has 2 amide bonds. The summed E-state index contributed by atoms with van der Waals surface area (Å²) in [6.07, 6.45) is 8.03. The van der Waals surface area contributed by atoms with Crippen molar-refractivity contribution in [1.82, 2.24) is 24.1 Å². The third-order valence-electron chi connectivity index (χ3n) is 12.8. The first-order chi connectivity index (χ1) is 29.3. The maximum absolute atomic E-state index is 15.4. The van der Waals surface area contributed by atoms with Gasteiger partial charge in [0, 0.05) is 44.8 Å². The number of likely N-dealkylation sites (tertiary alicyclic amines) is 1. The van der Waals surface area contributed by atoms with Crippen molar-refractivity contribution in [1.29, 1.82) is 5.26 Å². The second-order valence-electron chi connectivity index (χ2n) is 16.4. The van der Waals surface area contributed by atoms with E-state index in [-0.39, 0.29) is 70.2 Å². The van der Waals surface area contributed by atoms with E-state index < -0.39 is 33.7 Å². The SMILES string of the molecule is CCN(C)S(=O)(=O)Nc1ccc(F)c(Oc2ccc3ncn([C@H]4COC5(CCN(C6CCC(c7ccc(NC8CCC(=O)NC8=O)cc7F)CC6)CC5)C4)c(=O)c3c2)c1C#N. The minimum atomic E-state index is -4.02. The Balaban J connectivity index is 0.878. The van der Waals surface area contributed by atoms with Gasteiger partial charge in [-0.2, -0.15) is 18.0 Å². The zero-order valence-corrected chi connectivity index (χ0v) is 34.8. The molecule has 3 N–H and O–H groups in total. The second kappa shape index (κ2) is 17.1. The molecule has 18 heteroatoms. The summed E-state index contributed by atoms with van der Waals surface area (Å²) in [4.78, 5) is 44.6. The number of benzene rings is 3. The maximum atomic E-state index is 15.4. The highest BCUT2D eigenvalue weighted by Gasteiger charge is 2.45. The van der Waals surface area contributed by atoms with Crippen molar-refractivity contribution in [3.05, 3.63) is 88.0 Å². The van der Waals surface area contributed by atoms with E-state index in [0.29, 0.717) is 42.3 Å². The molecule has 61 heavy (non-hydrogen) atoms. The van der Waals surface area contributed by atoms with Crippen LogP contribution in [0.4, 0.5) is 20.2 Å². The molecule has 1 aromatic heterocycles. The van der Waals surface area contributed by atoms with E-state index in [1.165, 1.54) is 31.6 Å². The number of aromatic nitrogens is 2. The largest absolute Gasteiger partial charge is 0.453 e. The Labute approximate surface area is 352 Å². The Hall–Kier alpha value is -5.48. The summed E-state index contributed by atoms with van der Waals surface area (Å²) in [6, 6.07) is 13.1. The fraction of sp³-hybridized carbons (Fsp3) is 0.465. The lowest BCUT2D eigenvalue weighted by molar-refractivity contribution is -0.133. The standard InChI is InChI=1S/C43H48F2N8O7S/c1-3-51(2)61(57,58)50-37-13-11-34(44)40(33(37)23-46)60-30-9-12-36-32(21-30)42(56)53(25-47-36)29-22-43(59-24-29)16-18-52(19-17-43)28-7-4-26(5-8-28)31-10-6-27(20-35(31)45)48-38-14-15-39(54)49-41(38)55/h6,9-13,20-21,25-26,28-29,38,48,50H,3-5,7-8,14-19,22,24H2,1-2H3,(H,49,54,55)/t26?,28?,29-,38?/m1/s1. The summed E-state index contributed by atoms with van der Waals surface area (Å²) in [5.41, 5.74) is 0.389. The molecule has 3 aliphatic heterocycles. The molecule has 322 valence electrons. The molecule has 0 radical (unpaired) electrons. The zero-order valence-electron chi connectivity index (χ0n) is 34.0. The number of hydrogen-bond donors (Lipinski definition) is 3. The Bertz CT molecular complexity index is 2570. The van der Waals surface area contributed by atoms with Crippen molar-refractivity contribution in [2.24, 2.45) is 0 Å². The average molecular weight is 859 g/mol. The number of halogens is 2. The van der Waals surface area contributed by atoms with Crippen LogP contribution in [0.25, 0.3) is 10.9 Å². The number of amides is 2. The van der Waals surface area contributed by atoms with E-state index in [4.69, 9.17) is 9.47 Å². The van der Waals surface area contributed by atoms with Gasteiger partial charge in [-0.15, -0.1) is 0 Å². The first-order valence-electron chi connectivity index (χ1n) is 20.7. The van der Waals surface area contributed by atoms with E-state index in [2.05, 4.69) is 25.2 Å². The third-order valence-corrected chi connectivity index (χ3v) is 14.4. The molecular formula is C43H48F2N8O7S. The highest BCUT2D eigenvalue weighted by atomic mass is 32.2.